The van der Waals surface area contributed by atoms with E-state index in [2.05, 4.69) is 47.8 Å². The van der Waals surface area contributed by atoms with E-state index in [0.717, 1.165) is 0 Å². The normalized spacial score (nSPS) is 12.0. The van der Waals surface area contributed by atoms with E-state index in [1.807, 2.05) is 0 Å². The lowest BCUT2D eigenvalue weighted by molar-refractivity contribution is 0.398. The Hall–Kier alpha value is -0.350. The van der Waals surface area contributed by atoms with Crippen LogP contribution in [-0.4, -0.2) is 19.8 Å². The largest absolute Gasteiger partial charge is 0.453 e. The Balaban J connectivity index is 2.38. The quantitative estimate of drug-likeness (QED) is 0.642. The third-order valence-corrected chi connectivity index (χ3v) is 6.80. The van der Waals surface area contributed by atoms with Crippen LogP contribution in [0.2, 0.25) is 0 Å². The van der Waals surface area contributed by atoms with Crippen molar-refractivity contribution in [3.63, 3.8) is 0 Å². The molecule has 1 heterocycles. The fourth-order valence-corrected chi connectivity index (χ4v) is 5.73. The lowest BCUT2D eigenvalue weighted by atomic mass is 10.3. The number of benzene rings is 1. The summed E-state index contributed by atoms with van der Waals surface area (Å²) in [6.45, 7) is 0.122. The van der Waals surface area contributed by atoms with Crippen molar-refractivity contribution in [2.75, 3.05) is 12.8 Å². The molecule has 0 atom stereocenters. The van der Waals surface area contributed by atoms with Crippen molar-refractivity contribution < 1.29 is 12.8 Å². The molecule has 1 aromatic carbocycles. The van der Waals surface area contributed by atoms with Gasteiger partial charge in [-0.25, -0.2) is 8.42 Å². The Kier molecular flexibility index (Phi) is 5.19. The molecule has 1 aromatic heterocycles. The topological polar surface area (TPSA) is 76.5 Å². The van der Waals surface area contributed by atoms with E-state index in [1.165, 1.54) is 11.4 Å². The molecular formula is C12H11Br3N2O3S. The standard InChI is InChI=1S/C12H11Br3N2O3S/c1-17(6-8-2-3-11(15)20-8)21(18,19)12-9(13)4-7(16)5-10(12)14/h2-5H,6,16H2,1H3. The molecule has 0 spiro atoms. The van der Waals surface area contributed by atoms with Gasteiger partial charge >= 0.3 is 0 Å². The summed E-state index contributed by atoms with van der Waals surface area (Å²) in [6.07, 6.45) is 0. The number of nitrogens with zero attached hydrogens (tertiary/aromatic N) is 1. The number of rotatable bonds is 4. The highest BCUT2D eigenvalue weighted by atomic mass is 79.9. The zero-order valence-electron chi connectivity index (χ0n) is 10.8. The van der Waals surface area contributed by atoms with E-state index in [-0.39, 0.29) is 11.4 Å². The summed E-state index contributed by atoms with van der Waals surface area (Å²) in [5.74, 6) is 0.538. The molecule has 0 radical (unpaired) electrons. The van der Waals surface area contributed by atoms with Gasteiger partial charge in [-0.1, -0.05) is 0 Å². The van der Waals surface area contributed by atoms with Crippen molar-refractivity contribution in [1.29, 1.82) is 0 Å². The van der Waals surface area contributed by atoms with E-state index in [1.54, 1.807) is 24.3 Å². The first-order valence-electron chi connectivity index (χ1n) is 5.67. The Morgan fingerprint density at radius 2 is 1.76 bits per heavy atom. The fraction of sp³-hybridized carbons (Fsp3) is 0.167. The Bertz CT molecular complexity index is 751. The van der Waals surface area contributed by atoms with Crippen LogP contribution < -0.4 is 5.73 Å². The maximum atomic E-state index is 12.7. The van der Waals surface area contributed by atoms with Crippen molar-refractivity contribution in [3.05, 3.63) is 43.6 Å². The summed E-state index contributed by atoms with van der Waals surface area (Å²) in [5, 5.41) is 0. The molecule has 5 nitrogen and oxygen atoms in total. The summed E-state index contributed by atoms with van der Waals surface area (Å²) in [6, 6.07) is 6.53. The summed E-state index contributed by atoms with van der Waals surface area (Å²) >= 11 is 9.67. The number of halogens is 3. The van der Waals surface area contributed by atoms with Crippen molar-refractivity contribution in [2.45, 2.75) is 11.4 Å². The maximum absolute atomic E-state index is 12.7. The summed E-state index contributed by atoms with van der Waals surface area (Å²) < 4.78 is 33.2. The Morgan fingerprint density at radius 1 is 1.19 bits per heavy atom. The summed E-state index contributed by atoms with van der Waals surface area (Å²) in [4.78, 5) is 0.129. The van der Waals surface area contributed by atoms with Gasteiger partial charge in [-0.2, -0.15) is 4.31 Å². The molecule has 9 heteroatoms. The zero-order valence-corrected chi connectivity index (χ0v) is 16.4. The van der Waals surface area contributed by atoms with E-state index < -0.39 is 10.0 Å². The van der Waals surface area contributed by atoms with Crippen molar-refractivity contribution in [3.8, 4) is 0 Å². The van der Waals surface area contributed by atoms with E-state index >= 15 is 0 Å². The molecule has 0 unspecified atom stereocenters. The SMILES string of the molecule is CN(Cc1ccc(Br)o1)S(=O)(=O)c1c(Br)cc(N)cc1Br. The number of sulfonamides is 1. The minimum Gasteiger partial charge on any atom is -0.453 e. The molecule has 0 saturated carbocycles. The highest BCUT2D eigenvalue weighted by Gasteiger charge is 2.27. The van der Waals surface area contributed by atoms with Crippen molar-refractivity contribution in [1.82, 2.24) is 4.31 Å². The molecule has 0 aliphatic heterocycles. The van der Waals surface area contributed by atoms with Crippen molar-refractivity contribution >= 4 is 63.5 Å². The van der Waals surface area contributed by atoms with Gasteiger partial charge < -0.3 is 10.2 Å². The zero-order chi connectivity index (χ0) is 15.8. The molecule has 0 aliphatic carbocycles. The predicted octanol–water partition coefficient (Wildman–Crippen LogP) is 3.97. The molecule has 0 amide bonds. The molecule has 0 bridgehead atoms. The Morgan fingerprint density at radius 3 is 2.24 bits per heavy atom. The first kappa shape index (κ1) is 17.0. The molecule has 0 saturated heterocycles. The molecular weight excluding hydrogens is 492 g/mol. The number of nitrogens with two attached hydrogens (primary N) is 1. The minimum atomic E-state index is -3.70. The van der Waals surface area contributed by atoms with Crippen LogP contribution >= 0.6 is 47.8 Å². The van der Waals surface area contributed by atoms with Gasteiger partial charge in [0, 0.05) is 21.7 Å². The van der Waals surface area contributed by atoms with Crippen LogP contribution in [0.5, 0.6) is 0 Å². The Labute approximate surface area is 147 Å². The molecule has 2 aromatic rings. The fourth-order valence-electron chi connectivity index (χ4n) is 1.72. The van der Waals surface area contributed by atoms with Crippen LogP contribution in [0.1, 0.15) is 5.76 Å². The number of anilines is 1. The first-order chi connectivity index (χ1) is 9.71. The number of furan rings is 1. The number of hydrogen-bond acceptors (Lipinski definition) is 4. The molecule has 21 heavy (non-hydrogen) atoms. The second-order valence-corrected chi connectivity index (χ2v) is 8.75. The van der Waals surface area contributed by atoms with Gasteiger partial charge in [-0.3, -0.25) is 0 Å². The second-order valence-electron chi connectivity index (χ2n) is 4.28. The average molecular weight is 503 g/mol. The third kappa shape index (κ3) is 3.70. The number of hydrogen-bond donors (Lipinski definition) is 1. The van der Waals surface area contributed by atoms with Gasteiger partial charge in [0.2, 0.25) is 10.0 Å². The monoisotopic (exact) mass is 500 g/mol. The maximum Gasteiger partial charge on any atom is 0.245 e. The summed E-state index contributed by atoms with van der Waals surface area (Å²) in [7, 11) is -2.21. The predicted molar refractivity (Wildman–Crippen MR) is 91.3 cm³/mol. The highest BCUT2D eigenvalue weighted by Crippen LogP contribution is 2.34. The van der Waals surface area contributed by atoms with Gasteiger partial charge in [0.15, 0.2) is 4.67 Å². The molecule has 2 rings (SSSR count). The number of nitrogen functional groups attached to an aromatic ring is 1. The van der Waals surface area contributed by atoms with Crippen LogP contribution in [0.3, 0.4) is 0 Å². The van der Waals surface area contributed by atoms with Crippen molar-refractivity contribution in [2.24, 2.45) is 0 Å². The lowest BCUT2D eigenvalue weighted by Gasteiger charge is -2.18. The first-order valence-corrected chi connectivity index (χ1v) is 9.49. The average Bonchev–Trinajstić information content (AvgIpc) is 2.72. The second kappa shape index (κ2) is 6.41. The van der Waals surface area contributed by atoms with E-state index in [9.17, 15) is 8.42 Å². The van der Waals surface area contributed by atoms with Gasteiger partial charge in [0.1, 0.15) is 10.7 Å². The summed E-state index contributed by atoms with van der Waals surface area (Å²) in [5.41, 5.74) is 6.15. The van der Waals surface area contributed by atoms with Crippen LogP contribution in [0.25, 0.3) is 0 Å². The van der Waals surface area contributed by atoms with Gasteiger partial charge in [0.05, 0.1) is 6.54 Å². The van der Waals surface area contributed by atoms with E-state index in [0.29, 0.717) is 25.1 Å². The molecule has 0 fully saturated rings. The minimum absolute atomic E-state index is 0.122. The smallest absolute Gasteiger partial charge is 0.245 e. The van der Waals surface area contributed by atoms with Crippen LogP contribution in [-0.2, 0) is 16.6 Å². The highest BCUT2D eigenvalue weighted by molar-refractivity contribution is 9.11. The van der Waals surface area contributed by atoms with E-state index in [4.69, 9.17) is 10.2 Å². The van der Waals surface area contributed by atoms with Gasteiger partial charge in [0.25, 0.3) is 0 Å². The van der Waals surface area contributed by atoms with Crippen LogP contribution in [0.15, 0.2) is 47.2 Å². The van der Waals surface area contributed by atoms with Crippen LogP contribution in [0.4, 0.5) is 5.69 Å². The third-order valence-electron chi connectivity index (χ3n) is 2.70. The van der Waals surface area contributed by atoms with Gasteiger partial charge in [-0.15, -0.1) is 0 Å². The lowest BCUT2D eigenvalue weighted by Crippen LogP contribution is -2.27. The molecule has 0 aliphatic rings. The molecule has 114 valence electrons. The van der Waals surface area contributed by atoms with Gasteiger partial charge in [-0.05, 0) is 72.1 Å². The van der Waals surface area contributed by atoms with Crippen LogP contribution in [0, 0.1) is 0 Å². The molecule has 2 N–H and O–H groups in total.